The number of anilines is 1. The van der Waals surface area contributed by atoms with Crippen molar-refractivity contribution in [2.75, 3.05) is 25.6 Å². The molecule has 0 saturated carbocycles. The maximum absolute atomic E-state index is 13.6. The lowest BCUT2D eigenvalue weighted by atomic mass is 9.76. The van der Waals surface area contributed by atoms with Crippen LogP contribution in [0.4, 0.5) is 10.5 Å². The van der Waals surface area contributed by atoms with Crippen molar-refractivity contribution in [2.45, 2.75) is 91.2 Å². The van der Waals surface area contributed by atoms with Gasteiger partial charge in [0.1, 0.15) is 23.9 Å². The SMILES string of the molecule is CCC(C)(C)c1ccc(OCCCCN(Cc2cccc(OCc3ccccc3)c2)C(=O)Nc2cccc(OC)c2)c(C(C)(C)CC)c1. The van der Waals surface area contributed by atoms with Crippen molar-refractivity contribution in [3.05, 3.63) is 119 Å². The van der Waals surface area contributed by atoms with Gasteiger partial charge in [0.25, 0.3) is 0 Å². The number of carbonyl (C=O) groups excluding carboxylic acids is 1. The van der Waals surface area contributed by atoms with Gasteiger partial charge in [-0.1, -0.05) is 102 Å². The highest BCUT2D eigenvalue weighted by molar-refractivity contribution is 5.89. The number of urea groups is 1. The zero-order chi connectivity index (χ0) is 34.6. The summed E-state index contributed by atoms with van der Waals surface area (Å²) in [5.41, 5.74) is 5.52. The van der Waals surface area contributed by atoms with Crippen molar-refractivity contribution in [2.24, 2.45) is 0 Å². The Bertz CT molecular complexity index is 1600. The van der Waals surface area contributed by atoms with Crippen molar-refractivity contribution in [3.63, 3.8) is 0 Å². The molecule has 0 aliphatic heterocycles. The average Bonchev–Trinajstić information content (AvgIpc) is 3.10. The lowest BCUT2D eigenvalue weighted by Gasteiger charge is -2.30. The van der Waals surface area contributed by atoms with E-state index in [2.05, 4.69) is 65.1 Å². The maximum Gasteiger partial charge on any atom is 0.322 e. The first-order chi connectivity index (χ1) is 23.0. The second-order valence-corrected chi connectivity index (χ2v) is 13.7. The van der Waals surface area contributed by atoms with Gasteiger partial charge in [-0.05, 0) is 83.5 Å². The second kappa shape index (κ2) is 17.1. The number of nitrogens with one attached hydrogen (secondary N) is 1. The van der Waals surface area contributed by atoms with E-state index < -0.39 is 0 Å². The van der Waals surface area contributed by atoms with Gasteiger partial charge in [-0.2, -0.15) is 0 Å². The van der Waals surface area contributed by atoms with E-state index in [4.69, 9.17) is 14.2 Å². The Morgan fingerprint density at radius 1 is 0.729 bits per heavy atom. The highest BCUT2D eigenvalue weighted by atomic mass is 16.5. The normalized spacial score (nSPS) is 11.6. The number of unbranched alkanes of at least 4 members (excludes halogenated alkanes) is 1. The van der Waals surface area contributed by atoms with Crippen LogP contribution in [0.5, 0.6) is 17.2 Å². The molecule has 0 unspecified atom stereocenters. The molecule has 0 spiro atoms. The Kier molecular flexibility index (Phi) is 13.0. The van der Waals surface area contributed by atoms with Gasteiger partial charge < -0.3 is 24.4 Å². The summed E-state index contributed by atoms with van der Waals surface area (Å²) in [4.78, 5) is 15.5. The summed E-state index contributed by atoms with van der Waals surface area (Å²) in [6.07, 6.45) is 3.71. The standard InChI is InChI=1S/C42H54N2O4/c1-8-41(3,4)34-23-24-39(38(28-34)42(5,6)9-2)47-26-14-13-25-44(40(45)43-35-20-16-21-36(29-35)46-7)30-33-19-15-22-37(27-33)48-31-32-17-11-10-12-18-32/h10-12,15-24,27-29H,8-9,13-14,25-26,30-31H2,1-7H3,(H,43,45). The van der Waals surface area contributed by atoms with Crippen LogP contribution in [0, 0.1) is 0 Å². The Morgan fingerprint density at radius 3 is 2.17 bits per heavy atom. The lowest BCUT2D eigenvalue weighted by Crippen LogP contribution is -2.35. The maximum atomic E-state index is 13.6. The third-order valence-corrected chi connectivity index (χ3v) is 9.47. The number of nitrogens with zero attached hydrogens (tertiary/aromatic N) is 1. The highest BCUT2D eigenvalue weighted by Crippen LogP contribution is 2.38. The molecule has 0 saturated heterocycles. The van der Waals surface area contributed by atoms with Gasteiger partial charge in [-0.25, -0.2) is 4.79 Å². The molecule has 4 aromatic rings. The molecule has 0 fully saturated rings. The molecule has 6 nitrogen and oxygen atoms in total. The van der Waals surface area contributed by atoms with Crippen LogP contribution in [-0.2, 0) is 24.0 Å². The molecule has 1 N–H and O–H groups in total. The number of hydrogen-bond acceptors (Lipinski definition) is 4. The molecule has 4 rings (SSSR count). The summed E-state index contributed by atoms with van der Waals surface area (Å²) in [6.45, 7) is 15.7. The van der Waals surface area contributed by atoms with Gasteiger partial charge >= 0.3 is 6.03 Å². The lowest BCUT2D eigenvalue weighted by molar-refractivity contribution is 0.205. The summed E-state index contributed by atoms with van der Waals surface area (Å²) in [6, 6.07) is 32.1. The first-order valence-corrected chi connectivity index (χ1v) is 17.3. The number of rotatable bonds is 17. The summed E-state index contributed by atoms with van der Waals surface area (Å²) in [5, 5.41) is 3.06. The number of carbonyl (C=O) groups is 1. The molecule has 0 atom stereocenters. The minimum absolute atomic E-state index is 0.00349. The molecule has 256 valence electrons. The van der Waals surface area contributed by atoms with Gasteiger partial charge in [0.15, 0.2) is 0 Å². The van der Waals surface area contributed by atoms with Crippen LogP contribution in [0.2, 0.25) is 0 Å². The molecule has 0 aliphatic rings. The van der Waals surface area contributed by atoms with Crippen LogP contribution < -0.4 is 19.5 Å². The van der Waals surface area contributed by atoms with E-state index in [1.165, 1.54) is 11.1 Å². The molecule has 0 aromatic heterocycles. The summed E-state index contributed by atoms with van der Waals surface area (Å²) in [5.74, 6) is 2.42. The molecule has 0 aliphatic carbocycles. The molecular formula is C42H54N2O4. The van der Waals surface area contributed by atoms with Gasteiger partial charge in [0.05, 0.1) is 13.7 Å². The van der Waals surface area contributed by atoms with Gasteiger partial charge in [0, 0.05) is 30.4 Å². The average molecular weight is 651 g/mol. The van der Waals surface area contributed by atoms with Crippen molar-refractivity contribution in [1.29, 1.82) is 0 Å². The highest BCUT2D eigenvalue weighted by Gasteiger charge is 2.26. The van der Waals surface area contributed by atoms with E-state index in [0.29, 0.717) is 37.7 Å². The summed E-state index contributed by atoms with van der Waals surface area (Å²) in [7, 11) is 1.62. The quantitative estimate of drug-likeness (QED) is 0.116. The molecule has 0 radical (unpaired) electrons. The van der Waals surface area contributed by atoms with E-state index in [-0.39, 0.29) is 16.9 Å². The van der Waals surface area contributed by atoms with Crippen molar-refractivity contribution in [1.82, 2.24) is 4.90 Å². The van der Waals surface area contributed by atoms with Crippen LogP contribution in [-0.4, -0.2) is 31.2 Å². The van der Waals surface area contributed by atoms with Crippen molar-refractivity contribution >= 4 is 11.7 Å². The zero-order valence-electron chi connectivity index (χ0n) is 30.0. The van der Waals surface area contributed by atoms with Crippen molar-refractivity contribution in [3.8, 4) is 17.2 Å². The third kappa shape index (κ3) is 10.3. The predicted molar refractivity (Wildman–Crippen MR) is 197 cm³/mol. The van der Waals surface area contributed by atoms with Crippen LogP contribution in [0.3, 0.4) is 0 Å². The van der Waals surface area contributed by atoms with E-state index in [1.54, 1.807) is 7.11 Å². The predicted octanol–water partition coefficient (Wildman–Crippen LogP) is 10.5. The number of benzene rings is 4. The Morgan fingerprint density at radius 2 is 1.44 bits per heavy atom. The number of ether oxygens (including phenoxy) is 3. The number of hydrogen-bond donors (Lipinski definition) is 1. The molecular weight excluding hydrogens is 596 g/mol. The smallest absolute Gasteiger partial charge is 0.322 e. The molecule has 4 aromatic carbocycles. The van der Waals surface area contributed by atoms with Crippen molar-refractivity contribution < 1.29 is 19.0 Å². The Hall–Kier alpha value is -4.45. The summed E-state index contributed by atoms with van der Waals surface area (Å²) < 4.78 is 17.9. The number of methoxy groups -OCH3 is 1. The molecule has 0 bridgehead atoms. The minimum atomic E-state index is -0.166. The Labute approximate surface area is 288 Å². The van der Waals surface area contributed by atoms with Gasteiger partial charge in [-0.15, -0.1) is 0 Å². The summed E-state index contributed by atoms with van der Waals surface area (Å²) >= 11 is 0. The van der Waals surface area contributed by atoms with Crippen LogP contribution >= 0.6 is 0 Å². The van der Waals surface area contributed by atoms with Crippen LogP contribution in [0.25, 0.3) is 0 Å². The first-order valence-electron chi connectivity index (χ1n) is 17.3. The number of amides is 2. The largest absolute Gasteiger partial charge is 0.497 e. The van der Waals surface area contributed by atoms with Crippen LogP contribution in [0.1, 0.15) is 89.5 Å². The monoisotopic (exact) mass is 650 g/mol. The minimum Gasteiger partial charge on any atom is -0.497 e. The van der Waals surface area contributed by atoms with Crippen LogP contribution in [0.15, 0.2) is 97.1 Å². The first kappa shape index (κ1) is 36.4. The molecule has 2 amide bonds. The van der Waals surface area contributed by atoms with Gasteiger partial charge in [0.2, 0.25) is 0 Å². The molecule has 6 heteroatoms. The van der Waals surface area contributed by atoms with E-state index >= 15 is 0 Å². The molecule has 0 heterocycles. The molecule has 48 heavy (non-hydrogen) atoms. The fraction of sp³-hybridized carbons (Fsp3) is 0.405. The fourth-order valence-electron chi connectivity index (χ4n) is 5.44. The van der Waals surface area contributed by atoms with Gasteiger partial charge in [-0.3, -0.25) is 0 Å². The third-order valence-electron chi connectivity index (χ3n) is 9.47. The van der Waals surface area contributed by atoms with E-state index in [1.807, 2.05) is 83.8 Å². The topological polar surface area (TPSA) is 60.0 Å². The zero-order valence-corrected chi connectivity index (χ0v) is 30.0. The fourth-order valence-corrected chi connectivity index (χ4v) is 5.44. The Balaban J connectivity index is 1.43. The second-order valence-electron chi connectivity index (χ2n) is 13.7. The van der Waals surface area contributed by atoms with E-state index in [0.717, 1.165) is 48.3 Å². The van der Waals surface area contributed by atoms with E-state index in [9.17, 15) is 4.79 Å².